The molecule has 24 heteroatoms. The fraction of sp³-hybridized carbons (Fsp3) is 0.656. The maximum atomic E-state index is 12.8. The van der Waals surface area contributed by atoms with Crippen LogP contribution in [-0.2, 0) is 52.7 Å². The Kier molecular flexibility index (Phi) is 19.1. The number of hydrogen-bond donors (Lipinski definition) is 12. The van der Waals surface area contributed by atoms with Crippen LogP contribution in [0.1, 0.15) is 52.4 Å². The van der Waals surface area contributed by atoms with E-state index in [2.05, 4.69) is 47.9 Å². The van der Waals surface area contributed by atoms with Crippen LogP contribution in [0.25, 0.3) is 0 Å². The lowest BCUT2D eigenvalue weighted by Crippen LogP contribution is -2.57. The zero-order valence-corrected chi connectivity index (χ0v) is 31.1. The molecule has 2 saturated heterocycles. The minimum Gasteiger partial charge on any atom is -0.480 e. The highest BCUT2D eigenvalue weighted by Crippen LogP contribution is 2.17. The van der Waals surface area contributed by atoms with Gasteiger partial charge in [0.15, 0.2) is 0 Å². The van der Waals surface area contributed by atoms with Gasteiger partial charge in [-0.05, 0) is 52.5 Å². The third-order valence-electron chi connectivity index (χ3n) is 8.53. The van der Waals surface area contributed by atoms with Crippen molar-refractivity contribution in [3.63, 3.8) is 0 Å². The van der Waals surface area contributed by atoms with Crippen molar-refractivity contribution in [1.29, 1.82) is 0 Å². The summed E-state index contributed by atoms with van der Waals surface area (Å²) in [6, 6.07) is -5.47. The van der Waals surface area contributed by atoms with Gasteiger partial charge in [0, 0.05) is 13.0 Å². The number of aliphatic hydroxyl groups excluding tert-OH is 1. The first-order valence-corrected chi connectivity index (χ1v) is 17.9. The van der Waals surface area contributed by atoms with Gasteiger partial charge in [-0.3, -0.25) is 52.7 Å². The average molecular weight is 798 g/mol. The summed E-state index contributed by atoms with van der Waals surface area (Å²) in [4.78, 5) is 136. The van der Waals surface area contributed by atoms with Gasteiger partial charge in [0.2, 0.25) is 59.1 Å². The summed E-state index contributed by atoms with van der Waals surface area (Å²) in [6.45, 7) is 0.296. The molecule has 0 spiro atoms. The number of nitrogens with one attached hydrogen (secondary N) is 9. The molecule has 2 aliphatic rings. The summed E-state index contributed by atoms with van der Waals surface area (Å²) in [5.41, 5.74) is 5.17. The number of aliphatic hydroxyl groups is 1. The summed E-state index contributed by atoms with van der Waals surface area (Å²) >= 11 is 0. The number of amides is 10. The van der Waals surface area contributed by atoms with Gasteiger partial charge in [0.1, 0.15) is 30.7 Å². The molecule has 0 radical (unpaired) electrons. The number of primary amides is 1. The van der Waals surface area contributed by atoms with Gasteiger partial charge in [-0.2, -0.15) is 0 Å². The van der Waals surface area contributed by atoms with Gasteiger partial charge in [0.25, 0.3) is 0 Å². The van der Waals surface area contributed by atoms with E-state index in [-0.39, 0.29) is 19.4 Å². The lowest BCUT2D eigenvalue weighted by molar-refractivity contribution is -0.141. The summed E-state index contributed by atoms with van der Waals surface area (Å²) in [5.74, 6) is -8.90. The van der Waals surface area contributed by atoms with Crippen molar-refractivity contribution < 1.29 is 63.0 Å². The number of carbonyl (C=O) groups is 11. The Balaban J connectivity index is 1.80. The topological polar surface area (TPSA) is 366 Å². The van der Waals surface area contributed by atoms with E-state index in [0.29, 0.717) is 25.8 Å². The SMILES string of the molecule is CC(NC(=O)CNC(=O)C(NC(=O)CNC(=O)C(CCC(N)=O)NC(=O)CNC(=O)C1CCCN1)C(C)O)C(=O)NCC(=O)N1CCCC1C(=O)NCC(=O)O. The molecular formula is C32H51N11O13. The second-order valence-corrected chi connectivity index (χ2v) is 13.1. The van der Waals surface area contributed by atoms with Crippen molar-refractivity contribution in [3.8, 4) is 0 Å². The molecule has 2 rings (SSSR count). The average Bonchev–Trinajstić information content (AvgIpc) is 3.87. The fourth-order valence-electron chi connectivity index (χ4n) is 5.59. The van der Waals surface area contributed by atoms with E-state index in [4.69, 9.17) is 10.8 Å². The third-order valence-corrected chi connectivity index (χ3v) is 8.53. The standard InChI is InChI=1S/C32H51N11O13/c1-16(28(52)38-14-25(49)43-10-4-6-20(43)31(55)39-15-26(50)51)40-22(46)11-37-32(56)27(17(2)44)42-24(48)13-36-30(54)19(7-8-21(33)45)41-23(47)12-35-29(53)18-5-3-9-34-18/h16-20,27,34,44H,3-15H2,1-2H3,(H2,33,45)(H,35,53)(H,36,54)(H,37,56)(H,38,52)(H,39,55)(H,40,46)(H,41,47)(H,42,48)(H,50,51). The van der Waals surface area contributed by atoms with E-state index in [0.717, 1.165) is 6.42 Å². The van der Waals surface area contributed by atoms with Crippen molar-refractivity contribution in [2.24, 2.45) is 5.73 Å². The fourth-order valence-corrected chi connectivity index (χ4v) is 5.59. The van der Waals surface area contributed by atoms with Gasteiger partial charge >= 0.3 is 5.97 Å². The van der Waals surface area contributed by atoms with Crippen LogP contribution in [0.3, 0.4) is 0 Å². The number of nitrogens with zero attached hydrogens (tertiary/aromatic N) is 1. The van der Waals surface area contributed by atoms with Crippen molar-refractivity contribution in [2.45, 2.75) is 88.7 Å². The molecule has 0 aromatic rings. The van der Waals surface area contributed by atoms with Crippen LogP contribution < -0.4 is 53.6 Å². The third kappa shape index (κ3) is 16.2. The molecule has 13 N–H and O–H groups in total. The summed E-state index contributed by atoms with van der Waals surface area (Å²) < 4.78 is 0. The molecule has 0 aromatic carbocycles. The Morgan fingerprint density at radius 1 is 0.714 bits per heavy atom. The highest BCUT2D eigenvalue weighted by molar-refractivity contribution is 5.96. The predicted octanol–water partition coefficient (Wildman–Crippen LogP) is -7.48. The Bertz CT molecular complexity index is 1500. The highest BCUT2D eigenvalue weighted by Gasteiger charge is 2.34. The number of likely N-dealkylation sites (tertiary alicyclic amines) is 1. The van der Waals surface area contributed by atoms with Crippen LogP contribution in [0.15, 0.2) is 0 Å². The van der Waals surface area contributed by atoms with Crippen molar-refractivity contribution >= 4 is 65.0 Å². The molecule has 2 aliphatic heterocycles. The number of aliphatic carboxylic acids is 1. The van der Waals surface area contributed by atoms with Crippen LogP contribution in [0, 0.1) is 0 Å². The molecule has 0 aliphatic carbocycles. The first-order chi connectivity index (χ1) is 26.4. The van der Waals surface area contributed by atoms with Gasteiger partial charge in [0.05, 0.1) is 38.3 Å². The molecule has 10 amide bonds. The summed E-state index contributed by atoms with van der Waals surface area (Å²) in [5, 5.41) is 40.1. The smallest absolute Gasteiger partial charge is 0.322 e. The maximum absolute atomic E-state index is 12.8. The summed E-state index contributed by atoms with van der Waals surface area (Å²) in [6.07, 6.45) is 0.173. The summed E-state index contributed by atoms with van der Waals surface area (Å²) in [7, 11) is 0. The number of carboxylic acid groups (broad SMARTS) is 1. The van der Waals surface area contributed by atoms with Crippen LogP contribution in [-0.4, -0.2) is 162 Å². The molecule has 24 nitrogen and oxygen atoms in total. The van der Waals surface area contributed by atoms with Crippen LogP contribution in [0.4, 0.5) is 0 Å². The monoisotopic (exact) mass is 797 g/mol. The van der Waals surface area contributed by atoms with Gasteiger partial charge in [-0.1, -0.05) is 0 Å². The maximum Gasteiger partial charge on any atom is 0.322 e. The Labute approximate surface area is 320 Å². The first-order valence-electron chi connectivity index (χ1n) is 17.9. The van der Waals surface area contributed by atoms with E-state index in [9.17, 15) is 57.8 Å². The molecule has 56 heavy (non-hydrogen) atoms. The second kappa shape index (κ2) is 23.1. The number of nitrogens with two attached hydrogens (primary N) is 1. The van der Waals surface area contributed by atoms with Crippen LogP contribution in [0.2, 0.25) is 0 Å². The van der Waals surface area contributed by atoms with Gasteiger partial charge in [-0.15, -0.1) is 0 Å². The minimum atomic E-state index is -1.61. The van der Waals surface area contributed by atoms with Crippen molar-refractivity contribution in [2.75, 3.05) is 45.8 Å². The lowest BCUT2D eigenvalue weighted by atomic mass is 10.1. The first kappa shape index (κ1) is 46.2. The minimum absolute atomic E-state index is 0.217. The number of carbonyl (C=O) groups excluding carboxylic acids is 10. The molecule has 2 fully saturated rings. The van der Waals surface area contributed by atoms with E-state index in [1.54, 1.807) is 0 Å². The number of rotatable bonds is 22. The largest absolute Gasteiger partial charge is 0.480 e. The molecule has 6 unspecified atom stereocenters. The molecule has 0 bridgehead atoms. The van der Waals surface area contributed by atoms with Crippen molar-refractivity contribution in [1.82, 2.24) is 52.8 Å². The van der Waals surface area contributed by atoms with Gasteiger partial charge in [-0.25, -0.2) is 0 Å². The normalized spacial score (nSPS) is 18.2. The van der Waals surface area contributed by atoms with Crippen molar-refractivity contribution in [3.05, 3.63) is 0 Å². The van der Waals surface area contributed by atoms with E-state index < -0.39 is 134 Å². The van der Waals surface area contributed by atoms with Gasteiger partial charge < -0.3 is 68.7 Å². The second-order valence-electron chi connectivity index (χ2n) is 13.1. The molecular weight excluding hydrogens is 746 g/mol. The Hall–Kier alpha value is -5.91. The molecule has 312 valence electrons. The molecule has 0 saturated carbocycles. The van der Waals surface area contributed by atoms with E-state index in [1.165, 1.54) is 18.7 Å². The van der Waals surface area contributed by atoms with Crippen LogP contribution >= 0.6 is 0 Å². The zero-order chi connectivity index (χ0) is 41.9. The Morgan fingerprint density at radius 3 is 1.91 bits per heavy atom. The zero-order valence-electron chi connectivity index (χ0n) is 31.1. The van der Waals surface area contributed by atoms with E-state index in [1.807, 2.05) is 0 Å². The Morgan fingerprint density at radius 2 is 1.30 bits per heavy atom. The number of carboxylic acids is 1. The number of hydrogen-bond acceptors (Lipinski definition) is 13. The van der Waals surface area contributed by atoms with E-state index >= 15 is 0 Å². The molecule has 0 aromatic heterocycles. The quantitative estimate of drug-likeness (QED) is 0.0484. The highest BCUT2D eigenvalue weighted by atomic mass is 16.4. The predicted molar refractivity (Wildman–Crippen MR) is 190 cm³/mol. The lowest BCUT2D eigenvalue weighted by Gasteiger charge is -2.24. The molecule has 6 atom stereocenters. The molecule has 2 heterocycles. The van der Waals surface area contributed by atoms with Crippen LogP contribution in [0.5, 0.6) is 0 Å².